The van der Waals surface area contributed by atoms with E-state index in [0.717, 1.165) is 28.5 Å². The van der Waals surface area contributed by atoms with Crippen LogP contribution in [0.5, 0.6) is 0 Å². The summed E-state index contributed by atoms with van der Waals surface area (Å²) >= 11 is 3.42. The number of carbonyl (C=O) groups excluding carboxylic acids is 1. The average Bonchev–Trinajstić information content (AvgIpc) is 3.01. The number of fused-ring (bicyclic) bond motifs is 1. The van der Waals surface area contributed by atoms with Crippen LogP contribution in [0.3, 0.4) is 0 Å². The summed E-state index contributed by atoms with van der Waals surface area (Å²) in [5, 5.41) is 7.10. The van der Waals surface area contributed by atoms with Crippen LogP contribution in [0, 0.1) is 0 Å². The van der Waals surface area contributed by atoms with Crippen molar-refractivity contribution in [1.82, 2.24) is 5.32 Å². The lowest BCUT2D eigenvalue weighted by Crippen LogP contribution is -2.25. The lowest BCUT2D eigenvalue weighted by molar-refractivity contribution is 0.0928. The normalized spacial score (nSPS) is 10.7. The summed E-state index contributed by atoms with van der Waals surface area (Å²) < 4.78 is 6.46. The first kappa shape index (κ1) is 15.6. The van der Waals surface area contributed by atoms with Gasteiger partial charge in [0.15, 0.2) is 5.76 Å². The fourth-order valence-electron chi connectivity index (χ4n) is 2.31. The molecule has 3 rings (SSSR count). The SMILES string of the molecule is O=C(NCCCNc1ccccc1)c1cc2cccc(Br)c2o1. The number of halogens is 1. The van der Waals surface area contributed by atoms with Gasteiger partial charge < -0.3 is 15.1 Å². The molecule has 23 heavy (non-hydrogen) atoms. The Hall–Kier alpha value is -2.27. The molecule has 0 radical (unpaired) electrons. The first-order valence-electron chi connectivity index (χ1n) is 7.49. The van der Waals surface area contributed by atoms with Gasteiger partial charge in [0.2, 0.25) is 0 Å². The lowest BCUT2D eigenvalue weighted by atomic mass is 10.2. The van der Waals surface area contributed by atoms with Crippen LogP contribution < -0.4 is 10.6 Å². The van der Waals surface area contributed by atoms with Crippen molar-refractivity contribution in [2.45, 2.75) is 6.42 Å². The largest absolute Gasteiger partial charge is 0.450 e. The van der Waals surface area contributed by atoms with Crippen molar-refractivity contribution in [2.24, 2.45) is 0 Å². The number of hydrogen-bond acceptors (Lipinski definition) is 3. The van der Waals surface area contributed by atoms with Crippen molar-refractivity contribution in [2.75, 3.05) is 18.4 Å². The number of hydrogen-bond donors (Lipinski definition) is 2. The quantitative estimate of drug-likeness (QED) is 0.629. The number of para-hydroxylation sites is 2. The average molecular weight is 373 g/mol. The molecule has 1 aromatic heterocycles. The van der Waals surface area contributed by atoms with Crippen molar-refractivity contribution in [3.63, 3.8) is 0 Å². The first-order valence-corrected chi connectivity index (χ1v) is 8.28. The first-order chi connectivity index (χ1) is 11.2. The molecule has 0 saturated carbocycles. The van der Waals surface area contributed by atoms with E-state index >= 15 is 0 Å². The highest BCUT2D eigenvalue weighted by atomic mass is 79.9. The highest BCUT2D eigenvalue weighted by molar-refractivity contribution is 9.10. The summed E-state index contributed by atoms with van der Waals surface area (Å²) in [5.74, 6) is 0.149. The Kier molecular flexibility index (Phi) is 4.98. The molecule has 3 aromatic rings. The van der Waals surface area contributed by atoms with Gasteiger partial charge in [0.1, 0.15) is 5.58 Å². The minimum absolute atomic E-state index is 0.187. The summed E-state index contributed by atoms with van der Waals surface area (Å²) in [6.45, 7) is 1.40. The summed E-state index contributed by atoms with van der Waals surface area (Å²) in [4.78, 5) is 12.1. The second-order valence-electron chi connectivity index (χ2n) is 5.17. The van der Waals surface area contributed by atoms with E-state index in [-0.39, 0.29) is 5.91 Å². The van der Waals surface area contributed by atoms with Crippen molar-refractivity contribution in [3.8, 4) is 0 Å². The van der Waals surface area contributed by atoms with Crippen LogP contribution in [0.25, 0.3) is 11.0 Å². The van der Waals surface area contributed by atoms with Crippen molar-refractivity contribution in [3.05, 3.63) is 64.8 Å². The van der Waals surface area contributed by atoms with E-state index in [0.29, 0.717) is 17.9 Å². The van der Waals surface area contributed by atoms with Crippen LogP contribution >= 0.6 is 15.9 Å². The molecule has 118 valence electrons. The van der Waals surface area contributed by atoms with Crippen LogP contribution in [0.15, 0.2) is 63.5 Å². The molecule has 0 spiro atoms. The lowest BCUT2D eigenvalue weighted by Gasteiger charge is -2.06. The number of amides is 1. The van der Waals surface area contributed by atoms with Gasteiger partial charge in [-0.2, -0.15) is 0 Å². The number of furan rings is 1. The van der Waals surface area contributed by atoms with Gasteiger partial charge in [-0.05, 0) is 46.6 Å². The topological polar surface area (TPSA) is 54.3 Å². The van der Waals surface area contributed by atoms with E-state index in [2.05, 4.69) is 26.6 Å². The summed E-state index contributed by atoms with van der Waals surface area (Å²) in [6, 6.07) is 17.5. The zero-order chi connectivity index (χ0) is 16.1. The number of anilines is 1. The second-order valence-corrected chi connectivity index (χ2v) is 6.03. The fraction of sp³-hybridized carbons (Fsp3) is 0.167. The molecule has 0 unspecified atom stereocenters. The minimum atomic E-state index is -0.187. The maximum absolute atomic E-state index is 12.1. The zero-order valence-corrected chi connectivity index (χ0v) is 14.1. The third-order valence-corrected chi connectivity index (χ3v) is 4.09. The van der Waals surface area contributed by atoms with Gasteiger partial charge >= 0.3 is 0 Å². The predicted molar refractivity (Wildman–Crippen MR) is 95.8 cm³/mol. The van der Waals surface area contributed by atoms with E-state index in [1.807, 2.05) is 48.5 Å². The molecule has 0 bridgehead atoms. The Bertz CT molecular complexity index is 799. The third-order valence-electron chi connectivity index (χ3n) is 3.46. The Morgan fingerprint density at radius 3 is 2.65 bits per heavy atom. The molecule has 5 heteroatoms. The molecule has 1 heterocycles. The van der Waals surface area contributed by atoms with Crippen LogP contribution in [0.2, 0.25) is 0 Å². The Labute approximate surface area is 143 Å². The van der Waals surface area contributed by atoms with Gasteiger partial charge in [-0.15, -0.1) is 0 Å². The molecule has 4 nitrogen and oxygen atoms in total. The summed E-state index contributed by atoms with van der Waals surface area (Å²) in [6.07, 6.45) is 0.838. The molecule has 1 amide bonds. The molecule has 2 aromatic carbocycles. The molecule has 0 aliphatic rings. The monoisotopic (exact) mass is 372 g/mol. The summed E-state index contributed by atoms with van der Waals surface area (Å²) in [5.41, 5.74) is 1.78. The molecule has 2 N–H and O–H groups in total. The van der Waals surface area contributed by atoms with Crippen molar-refractivity contribution >= 4 is 38.5 Å². The molecule has 0 fully saturated rings. The standard InChI is InChI=1S/C18H17BrN2O2/c19-15-9-4-6-13-12-16(23-17(13)15)18(22)21-11-5-10-20-14-7-2-1-3-8-14/h1-4,6-9,12,20H,5,10-11H2,(H,21,22). The van der Waals surface area contributed by atoms with E-state index in [1.165, 1.54) is 0 Å². The molecular formula is C18H17BrN2O2. The number of rotatable bonds is 6. The number of benzene rings is 2. The highest BCUT2D eigenvalue weighted by Gasteiger charge is 2.12. The van der Waals surface area contributed by atoms with E-state index < -0.39 is 0 Å². The smallest absolute Gasteiger partial charge is 0.287 e. The Balaban J connectivity index is 1.48. The fourth-order valence-corrected chi connectivity index (χ4v) is 2.77. The zero-order valence-electron chi connectivity index (χ0n) is 12.5. The van der Waals surface area contributed by atoms with Gasteiger partial charge in [-0.3, -0.25) is 4.79 Å². The predicted octanol–water partition coefficient (Wildman–Crippen LogP) is 4.43. The molecular weight excluding hydrogens is 356 g/mol. The van der Waals surface area contributed by atoms with Crippen LogP contribution in [-0.2, 0) is 0 Å². The van der Waals surface area contributed by atoms with Gasteiger partial charge in [0.25, 0.3) is 5.91 Å². The van der Waals surface area contributed by atoms with Crippen LogP contribution in [0.4, 0.5) is 5.69 Å². The van der Waals surface area contributed by atoms with Gasteiger partial charge in [0, 0.05) is 24.2 Å². The van der Waals surface area contributed by atoms with Gasteiger partial charge in [-0.25, -0.2) is 0 Å². The Morgan fingerprint density at radius 2 is 1.87 bits per heavy atom. The maximum Gasteiger partial charge on any atom is 0.287 e. The van der Waals surface area contributed by atoms with Gasteiger partial charge in [-0.1, -0.05) is 30.3 Å². The van der Waals surface area contributed by atoms with E-state index in [1.54, 1.807) is 6.07 Å². The van der Waals surface area contributed by atoms with Gasteiger partial charge in [0.05, 0.1) is 4.47 Å². The maximum atomic E-state index is 12.1. The molecule has 0 aliphatic heterocycles. The van der Waals surface area contributed by atoms with E-state index in [9.17, 15) is 4.79 Å². The molecule has 0 saturated heterocycles. The summed E-state index contributed by atoms with van der Waals surface area (Å²) in [7, 11) is 0. The third kappa shape index (κ3) is 3.93. The molecule has 0 aliphatic carbocycles. The van der Waals surface area contributed by atoms with Crippen LogP contribution in [-0.4, -0.2) is 19.0 Å². The highest BCUT2D eigenvalue weighted by Crippen LogP contribution is 2.26. The van der Waals surface area contributed by atoms with E-state index in [4.69, 9.17) is 4.42 Å². The van der Waals surface area contributed by atoms with Crippen molar-refractivity contribution in [1.29, 1.82) is 0 Å². The number of carbonyl (C=O) groups is 1. The number of nitrogens with one attached hydrogen (secondary N) is 2. The second kappa shape index (κ2) is 7.33. The minimum Gasteiger partial charge on any atom is -0.450 e. The van der Waals surface area contributed by atoms with Crippen LogP contribution in [0.1, 0.15) is 17.0 Å². The molecule has 0 atom stereocenters. The van der Waals surface area contributed by atoms with Crippen molar-refractivity contribution < 1.29 is 9.21 Å². The Morgan fingerprint density at radius 1 is 1.04 bits per heavy atom.